The molecule has 0 aromatic heterocycles. The van der Waals surface area contributed by atoms with Gasteiger partial charge in [-0.25, -0.2) is 9.18 Å². The smallest absolute Gasteiger partial charge is 0.343 e. The minimum absolute atomic E-state index is 0.0620. The third kappa shape index (κ3) is 7.65. The first-order valence-electron chi connectivity index (χ1n) is 14.6. The Balaban J connectivity index is 1.53. The maximum absolute atomic E-state index is 14.0. The molecule has 2 aromatic carbocycles. The molecule has 13 heteroatoms. The predicted molar refractivity (Wildman–Crippen MR) is 150 cm³/mol. The topological polar surface area (TPSA) is 55.9 Å². The van der Waals surface area contributed by atoms with E-state index < -0.39 is 47.4 Å². The highest BCUT2D eigenvalue weighted by molar-refractivity contribution is 5.78. The van der Waals surface area contributed by atoms with Crippen LogP contribution in [0.5, 0.6) is 0 Å². The van der Waals surface area contributed by atoms with Crippen molar-refractivity contribution in [3.8, 4) is 0 Å². The van der Waals surface area contributed by atoms with Crippen LogP contribution in [0.15, 0.2) is 36.4 Å². The van der Waals surface area contributed by atoms with Crippen molar-refractivity contribution in [2.24, 2.45) is 5.92 Å². The van der Waals surface area contributed by atoms with Gasteiger partial charge in [0.15, 0.2) is 0 Å². The molecular formula is C31H37F7N4O2. The molecule has 3 atom stereocenters. The Labute approximate surface area is 252 Å². The Morgan fingerprint density at radius 2 is 1.70 bits per heavy atom. The van der Waals surface area contributed by atoms with E-state index in [-0.39, 0.29) is 23.5 Å². The molecule has 44 heavy (non-hydrogen) atoms. The van der Waals surface area contributed by atoms with Crippen LogP contribution in [-0.4, -0.2) is 66.4 Å². The van der Waals surface area contributed by atoms with Gasteiger partial charge in [0.2, 0.25) is 5.91 Å². The number of urea groups is 1. The first kappa shape index (κ1) is 33.5. The van der Waals surface area contributed by atoms with Gasteiger partial charge in [0.05, 0.1) is 23.2 Å². The number of alkyl halides is 6. The summed E-state index contributed by atoms with van der Waals surface area (Å²) < 4.78 is 95.0. The number of hydrogen-bond donors (Lipinski definition) is 1. The lowest BCUT2D eigenvalue weighted by Crippen LogP contribution is -2.43. The largest absolute Gasteiger partial charge is 0.416 e. The molecule has 2 fully saturated rings. The highest BCUT2D eigenvalue weighted by atomic mass is 19.4. The molecule has 0 aliphatic carbocycles. The van der Waals surface area contributed by atoms with Crippen LogP contribution in [-0.2, 0) is 17.1 Å². The lowest BCUT2D eigenvalue weighted by Gasteiger charge is -2.35. The lowest BCUT2D eigenvalue weighted by atomic mass is 9.90. The van der Waals surface area contributed by atoms with Gasteiger partial charge in [-0.3, -0.25) is 4.79 Å². The van der Waals surface area contributed by atoms with Crippen LogP contribution in [0.3, 0.4) is 0 Å². The Kier molecular flexibility index (Phi) is 10.2. The average Bonchev–Trinajstić information content (AvgIpc) is 3.56. The Morgan fingerprint density at radius 3 is 2.27 bits per heavy atom. The number of halogens is 7. The van der Waals surface area contributed by atoms with E-state index in [0.717, 1.165) is 24.3 Å². The van der Waals surface area contributed by atoms with Gasteiger partial charge in [-0.05, 0) is 92.6 Å². The van der Waals surface area contributed by atoms with E-state index in [0.29, 0.717) is 62.3 Å². The molecular weight excluding hydrogens is 593 g/mol. The second kappa shape index (κ2) is 13.3. The zero-order valence-electron chi connectivity index (χ0n) is 24.9. The van der Waals surface area contributed by atoms with E-state index in [1.54, 1.807) is 17.9 Å². The molecule has 0 unspecified atom stereocenters. The number of likely N-dealkylation sites (tertiary alicyclic amines) is 2. The van der Waals surface area contributed by atoms with Crippen molar-refractivity contribution in [1.29, 1.82) is 0 Å². The molecule has 3 amide bonds. The van der Waals surface area contributed by atoms with E-state index in [1.165, 1.54) is 26.1 Å². The van der Waals surface area contributed by atoms with Crippen LogP contribution in [0.4, 0.5) is 35.5 Å². The lowest BCUT2D eigenvalue weighted by molar-refractivity contribution is -0.143. The van der Waals surface area contributed by atoms with E-state index in [2.05, 4.69) is 5.32 Å². The zero-order valence-corrected chi connectivity index (χ0v) is 24.9. The summed E-state index contributed by atoms with van der Waals surface area (Å²) >= 11 is 0. The summed E-state index contributed by atoms with van der Waals surface area (Å²) in [4.78, 5) is 30.3. The van der Waals surface area contributed by atoms with E-state index in [1.807, 2.05) is 4.90 Å². The van der Waals surface area contributed by atoms with Crippen molar-refractivity contribution in [2.45, 2.75) is 64.0 Å². The zero-order chi connectivity index (χ0) is 32.4. The summed E-state index contributed by atoms with van der Waals surface area (Å²) in [6, 6.07) is 3.42. The first-order chi connectivity index (χ1) is 20.6. The Hall–Kier alpha value is -3.35. The third-order valence-electron chi connectivity index (χ3n) is 8.65. The van der Waals surface area contributed by atoms with Crippen LogP contribution >= 0.6 is 0 Å². The van der Waals surface area contributed by atoms with Crippen molar-refractivity contribution in [3.05, 3.63) is 70.0 Å². The molecule has 0 bridgehead atoms. The summed E-state index contributed by atoms with van der Waals surface area (Å²) in [6.07, 6.45) is -7.26. The molecule has 4 rings (SSSR count). The number of rotatable bonds is 9. The van der Waals surface area contributed by atoms with Crippen LogP contribution in [0.2, 0.25) is 0 Å². The van der Waals surface area contributed by atoms with E-state index in [4.69, 9.17) is 0 Å². The van der Waals surface area contributed by atoms with Crippen LogP contribution < -0.4 is 5.32 Å². The molecule has 0 radical (unpaired) electrons. The predicted octanol–water partition coefficient (Wildman–Crippen LogP) is 6.95. The van der Waals surface area contributed by atoms with Crippen molar-refractivity contribution in [1.82, 2.24) is 20.0 Å². The van der Waals surface area contributed by atoms with Gasteiger partial charge in [-0.1, -0.05) is 6.07 Å². The second-order valence-corrected chi connectivity index (χ2v) is 11.6. The molecule has 6 nitrogen and oxygen atoms in total. The van der Waals surface area contributed by atoms with Crippen molar-refractivity contribution in [3.63, 3.8) is 0 Å². The molecule has 2 aromatic rings. The number of aryl methyl sites for hydroxylation is 1. The van der Waals surface area contributed by atoms with Gasteiger partial charge < -0.3 is 20.0 Å². The van der Waals surface area contributed by atoms with Crippen LogP contribution in [0, 0.1) is 18.7 Å². The van der Waals surface area contributed by atoms with Gasteiger partial charge in [0.1, 0.15) is 5.82 Å². The van der Waals surface area contributed by atoms with E-state index in [9.17, 15) is 40.3 Å². The summed E-state index contributed by atoms with van der Waals surface area (Å²) in [7, 11) is 1.35. The van der Waals surface area contributed by atoms with Crippen molar-refractivity contribution in [2.75, 3.05) is 39.8 Å². The number of benzene rings is 2. The summed E-state index contributed by atoms with van der Waals surface area (Å²) in [5.74, 6) is -0.380. The minimum atomic E-state index is -5.01. The molecule has 1 N–H and O–H groups in total. The molecule has 2 heterocycles. The number of amides is 3. The summed E-state index contributed by atoms with van der Waals surface area (Å²) in [5.41, 5.74) is -1.86. The second-order valence-electron chi connectivity index (χ2n) is 11.6. The fourth-order valence-corrected chi connectivity index (χ4v) is 6.11. The van der Waals surface area contributed by atoms with Crippen molar-refractivity contribution >= 4 is 11.9 Å². The minimum Gasteiger partial charge on any atom is -0.343 e. The standard InChI is InChI=1S/C31H37F7N4O2/c1-19-14-25(32)7-8-26(19)28-21(18-39-10-5-12-41-11-4-6-27(41)43)9-13-42(28)29(44)40(3)20(2)22-15-23(30(33,34)35)17-24(16-22)31(36,37)38/h7-8,14-17,20-21,28,39H,4-6,9-13,18H2,1-3H3/t20-,21+,28-/m1/s1. The SMILES string of the molecule is Cc1cc(F)ccc1[C@H]1[C@H](CNCCCN2CCCC2=O)CCN1C(=O)N(C)[C@H](C)c1cc(C(F)(F)F)cc(C(F)(F)F)c1. The number of nitrogens with one attached hydrogen (secondary N) is 1. The van der Waals surface area contributed by atoms with Gasteiger partial charge in [0.25, 0.3) is 0 Å². The molecule has 2 saturated heterocycles. The van der Waals surface area contributed by atoms with Gasteiger partial charge in [-0.15, -0.1) is 0 Å². The highest BCUT2D eigenvalue weighted by Gasteiger charge is 2.42. The maximum Gasteiger partial charge on any atom is 0.416 e. The molecule has 242 valence electrons. The van der Waals surface area contributed by atoms with Crippen molar-refractivity contribution < 1.29 is 40.3 Å². The quantitative estimate of drug-likeness (QED) is 0.241. The number of nitrogens with zero attached hydrogens (tertiary/aromatic N) is 3. The molecule has 0 saturated carbocycles. The van der Waals surface area contributed by atoms with E-state index >= 15 is 0 Å². The maximum atomic E-state index is 14.0. The average molecular weight is 631 g/mol. The summed E-state index contributed by atoms with van der Waals surface area (Å²) in [6.45, 7) is 5.96. The van der Waals surface area contributed by atoms with Crippen LogP contribution in [0.1, 0.15) is 72.5 Å². The fraction of sp³-hybridized carbons (Fsp3) is 0.548. The molecule has 2 aliphatic heterocycles. The monoisotopic (exact) mass is 630 g/mol. The highest BCUT2D eigenvalue weighted by Crippen LogP contribution is 2.41. The van der Waals surface area contributed by atoms with Crippen LogP contribution in [0.25, 0.3) is 0 Å². The number of carbonyl (C=O) groups excluding carboxylic acids is 2. The number of carbonyl (C=O) groups is 2. The third-order valence-corrected chi connectivity index (χ3v) is 8.65. The number of hydrogen-bond acceptors (Lipinski definition) is 3. The Morgan fingerprint density at radius 1 is 1.05 bits per heavy atom. The fourth-order valence-electron chi connectivity index (χ4n) is 6.11. The Bertz CT molecular complexity index is 1320. The summed E-state index contributed by atoms with van der Waals surface area (Å²) in [5, 5.41) is 3.40. The van der Waals surface area contributed by atoms with Gasteiger partial charge >= 0.3 is 18.4 Å². The normalized spacial score (nSPS) is 20.0. The first-order valence-corrected chi connectivity index (χ1v) is 14.6. The van der Waals surface area contributed by atoms with Gasteiger partial charge in [-0.2, -0.15) is 26.3 Å². The molecule has 0 spiro atoms. The molecule has 2 aliphatic rings. The van der Waals surface area contributed by atoms with Gasteiger partial charge in [0, 0.05) is 39.6 Å².